The van der Waals surface area contributed by atoms with Crippen molar-refractivity contribution in [3.8, 4) is 23.0 Å². The molecular formula is C28H36O7. The lowest BCUT2D eigenvalue weighted by atomic mass is 9.73. The highest BCUT2D eigenvalue weighted by Gasteiger charge is 2.47. The van der Waals surface area contributed by atoms with Crippen LogP contribution in [0.15, 0.2) is 36.4 Å². The number of methoxy groups -OCH3 is 2. The molecule has 0 saturated heterocycles. The first-order valence-corrected chi connectivity index (χ1v) is 12.7. The predicted octanol–water partition coefficient (Wildman–Crippen LogP) is 4.60. The minimum atomic E-state index is -0.830. The Hall–Kier alpha value is -2.48. The van der Waals surface area contributed by atoms with Gasteiger partial charge in [-0.3, -0.25) is 0 Å². The van der Waals surface area contributed by atoms with Crippen LogP contribution >= 0.6 is 0 Å². The summed E-state index contributed by atoms with van der Waals surface area (Å²) in [5.74, 6) is 2.00. The summed E-state index contributed by atoms with van der Waals surface area (Å²) in [7, 11) is 3.28. The normalized spacial score (nSPS) is 27.9. The number of benzene rings is 2. The second kappa shape index (κ2) is 10.6. The van der Waals surface area contributed by atoms with E-state index in [2.05, 4.69) is 0 Å². The molecule has 0 radical (unpaired) electrons. The number of hydrogen-bond donors (Lipinski definition) is 2. The van der Waals surface area contributed by atoms with E-state index in [0.29, 0.717) is 48.0 Å². The van der Waals surface area contributed by atoms with Crippen LogP contribution in [-0.4, -0.2) is 49.9 Å². The first kappa shape index (κ1) is 24.2. The highest BCUT2D eigenvalue weighted by molar-refractivity contribution is 5.46. The number of rotatable bonds is 8. The number of ether oxygens (including phenoxy) is 5. The molecule has 0 spiro atoms. The number of aliphatic hydroxyl groups excluding tert-OH is 2. The van der Waals surface area contributed by atoms with Gasteiger partial charge in [0.15, 0.2) is 0 Å². The van der Waals surface area contributed by atoms with E-state index in [-0.39, 0.29) is 24.0 Å². The van der Waals surface area contributed by atoms with Gasteiger partial charge in [-0.15, -0.1) is 0 Å². The van der Waals surface area contributed by atoms with Gasteiger partial charge in [0.25, 0.3) is 0 Å². The average Bonchev–Trinajstić information content (AvgIpc) is 3.38. The summed E-state index contributed by atoms with van der Waals surface area (Å²) in [5, 5.41) is 23.1. The predicted molar refractivity (Wildman–Crippen MR) is 130 cm³/mol. The molecule has 7 nitrogen and oxygen atoms in total. The molecule has 2 aromatic carbocycles. The third-order valence-electron chi connectivity index (χ3n) is 7.68. The van der Waals surface area contributed by atoms with E-state index in [4.69, 9.17) is 23.7 Å². The van der Waals surface area contributed by atoms with Crippen LogP contribution in [0.25, 0.3) is 0 Å². The van der Waals surface area contributed by atoms with Crippen molar-refractivity contribution in [1.82, 2.24) is 0 Å². The Morgan fingerprint density at radius 2 is 1.63 bits per heavy atom. The summed E-state index contributed by atoms with van der Waals surface area (Å²) in [6.07, 6.45) is 4.30. The summed E-state index contributed by atoms with van der Waals surface area (Å²) < 4.78 is 29.3. The fraction of sp³-hybridized carbons (Fsp3) is 0.571. The average molecular weight is 485 g/mol. The minimum Gasteiger partial charge on any atom is -0.497 e. The van der Waals surface area contributed by atoms with Crippen molar-refractivity contribution < 1.29 is 33.9 Å². The molecule has 2 heterocycles. The molecule has 2 N–H and O–H groups in total. The van der Waals surface area contributed by atoms with Gasteiger partial charge in [0.1, 0.15) is 29.1 Å². The SMILES string of the molecule is COCCC[C@@H]1Oc2ccc(OC)cc2[C@H](O)[C@@H]1[C@@H]1COc2ccc(OC3CCCC3)cc2[C@H]1O. The van der Waals surface area contributed by atoms with Crippen molar-refractivity contribution >= 4 is 0 Å². The monoisotopic (exact) mass is 484 g/mol. The van der Waals surface area contributed by atoms with E-state index in [1.807, 2.05) is 36.4 Å². The van der Waals surface area contributed by atoms with Crippen LogP contribution in [-0.2, 0) is 4.74 Å². The molecule has 0 unspecified atom stereocenters. The molecule has 5 atom stereocenters. The highest BCUT2D eigenvalue weighted by Crippen LogP contribution is 2.50. The first-order chi connectivity index (χ1) is 17.1. The van der Waals surface area contributed by atoms with Crippen LogP contribution in [0.2, 0.25) is 0 Å². The Labute approximate surface area is 206 Å². The van der Waals surface area contributed by atoms with Crippen molar-refractivity contribution in [3.05, 3.63) is 47.5 Å². The van der Waals surface area contributed by atoms with Crippen LogP contribution in [0.5, 0.6) is 23.0 Å². The molecule has 5 rings (SSSR count). The van der Waals surface area contributed by atoms with Gasteiger partial charge in [-0.05, 0) is 74.9 Å². The van der Waals surface area contributed by atoms with Gasteiger partial charge in [0, 0.05) is 36.7 Å². The first-order valence-electron chi connectivity index (χ1n) is 12.7. The summed E-state index contributed by atoms with van der Waals surface area (Å²) in [5.41, 5.74) is 1.38. The van der Waals surface area contributed by atoms with Crippen molar-refractivity contribution in [3.63, 3.8) is 0 Å². The lowest BCUT2D eigenvalue weighted by Gasteiger charge is -2.44. The zero-order chi connectivity index (χ0) is 24.4. The molecule has 190 valence electrons. The van der Waals surface area contributed by atoms with Gasteiger partial charge in [-0.2, -0.15) is 0 Å². The molecule has 2 aromatic rings. The Morgan fingerprint density at radius 1 is 0.914 bits per heavy atom. The fourth-order valence-corrected chi connectivity index (χ4v) is 5.82. The molecule has 2 aliphatic heterocycles. The molecule has 35 heavy (non-hydrogen) atoms. The maximum Gasteiger partial charge on any atom is 0.125 e. The van der Waals surface area contributed by atoms with Crippen LogP contribution in [0.1, 0.15) is 61.9 Å². The lowest BCUT2D eigenvalue weighted by Crippen LogP contribution is -2.45. The van der Waals surface area contributed by atoms with Crippen molar-refractivity contribution in [2.24, 2.45) is 11.8 Å². The summed E-state index contributed by atoms with van der Waals surface area (Å²) in [6.45, 7) is 0.898. The van der Waals surface area contributed by atoms with Gasteiger partial charge in [0.2, 0.25) is 0 Å². The lowest BCUT2D eigenvalue weighted by molar-refractivity contribution is -0.0888. The zero-order valence-electron chi connectivity index (χ0n) is 20.5. The number of aliphatic hydroxyl groups is 2. The highest BCUT2D eigenvalue weighted by atomic mass is 16.5. The number of hydrogen-bond acceptors (Lipinski definition) is 7. The van der Waals surface area contributed by atoms with Gasteiger partial charge in [-0.25, -0.2) is 0 Å². The van der Waals surface area contributed by atoms with Gasteiger partial charge >= 0.3 is 0 Å². The fourth-order valence-electron chi connectivity index (χ4n) is 5.82. The van der Waals surface area contributed by atoms with Gasteiger partial charge < -0.3 is 33.9 Å². The Balaban J connectivity index is 1.43. The van der Waals surface area contributed by atoms with E-state index in [0.717, 1.165) is 25.0 Å². The van der Waals surface area contributed by atoms with E-state index in [1.165, 1.54) is 12.8 Å². The largest absolute Gasteiger partial charge is 0.497 e. The van der Waals surface area contributed by atoms with E-state index in [9.17, 15) is 10.2 Å². The second-order valence-corrected chi connectivity index (χ2v) is 9.86. The third kappa shape index (κ3) is 4.95. The minimum absolute atomic E-state index is 0.232. The topological polar surface area (TPSA) is 86.6 Å². The molecular weight excluding hydrogens is 448 g/mol. The van der Waals surface area contributed by atoms with Crippen molar-refractivity contribution in [1.29, 1.82) is 0 Å². The van der Waals surface area contributed by atoms with Crippen LogP contribution in [0.4, 0.5) is 0 Å². The van der Waals surface area contributed by atoms with E-state index >= 15 is 0 Å². The van der Waals surface area contributed by atoms with Crippen LogP contribution in [0.3, 0.4) is 0 Å². The third-order valence-corrected chi connectivity index (χ3v) is 7.68. The molecule has 3 aliphatic rings. The maximum absolute atomic E-state index is 11.6. The smallest absolute Gasteiger partial charge is 0.125 e. The molecule has 1 saturated carbocycles. The quantitative estimate of drug-likeness (QED) is 0.530. The molecule has 0 amide bonds. The number of fused-ring (bicyclic) bond motifs is 2. The van der Waals surface area contributed by atoms with Gasteiger partial charge in [0.05, 0.1) is 32.0 Å². The van der Waals surface area contributed by atoms with Crippen molar-refractivity contribution in [2.75, 3.05) is 27.4 Å². The Kier molecular flexibility index (Phi) is 7.37. The van der Waals surface area contributed by atoms with Gasteiger partial charge in [-0.1, -0.05) is 0 Å². The maximum atomic E-state index is 11.6. The molecule has 0 aromatic heterocycles. The zero-order valence-corrected chi connectivity index (χ0v) is 20.5. The molecule has 1 fully saturated rings. The second-order valence-electron chi connectivity index (χ2n) is 9.86. The summed E-state index contributed by atoms with van der Waals surface area (Å²) >= 11 is 0. The molecule has 1 aliphatic carbocycles. The Bertz CT molecular complexity index is 1000. The Morgan fingerprint density at radius 3 is 2.40 bits per heavy atom. The standard InChI is InChI=1S/C28H36O7/c1-31-13-5-8-25-26(28(30)21-14-18(32-2)9-12-24(21)35-25)22-16-33-23-11-10-19(15-20(23)27(22)29)34-17-6-3-4-7-17/h9-12,14-15,17,22,25-30H,3-8,13,16H2,1-2H3/t22-,25-,26+,27+,28-/m0/s1. The van der Waals surface area contributed by atoms with E-state index < -0.39 is 12.2 Å². The van der Waals surface area contributed by atoms with Crippen molar-refractivity contribution in [2.45, 2.75) is 62.9 Å². The molecule has 0 bridgehead atoms. The van der Waals surface area contributed by atoms with Crippen LogP contribution in [0, 0.1) is 11.8 Å². The summed E-state index contributed by atoms with van der Waals surface area (Å²) in [4.78, 5) is 0. The van der Waals surface area contributed by atoms with E-state index in [1.54, 1.807) is 14.2 Å². The molecule has 7 heteroatoms. The van der Waals surface area contributed by atoms with Crippen LogP contribution < -0.4 is 18.9 Å². The summed E-state index contributed by atoms with van der Waals surface area (Å²) in [6, 6.07) is 11.2.